The Morgan fingerprint density at radius 3 is 0.688 bits per heavy atom. The zero-order chi connectivity index (χ0) is 13.2. The van der Waals surface area contributed by atoms with Crippen LogP contribution < -0.4 is 0 Å². The SMILES string of the molecule is FC1C(F)(F)C(F)(F)C(F)C(F)(F)C1(F)F. The van der Waals surface area contributed by atoms with E-state index >= 15 is 0 Å². The van der Waals surface area contributed by atoms with Gasteiger partial charge in [-0.1, -0.05) is 0 Å². The zero-order valence-corrected chi connectivity index (χ0v) is 6.93. The van der Waals surface area contributed by atoms with E-state index in [0.717, 1.165) is 0 Å². The molecular weight excluding hydrogens is 262 g/mol. The van der Waals surface area contributed by atoms with Crippen LogP contribution in [0.1, 0.15) is 0 Å². The van der Waals surface area contributed by atoms with Gasteiger partial charge in [0, 0.05) is 0 Å². The Hall–Kier alpha value is -0.700. The number of halogens is 10. The molecule has 1 rings (SSSR count). The summed E-state index contributed by atoms with van der Waals surface area (Å²) in [6, 6.07) is 0. The van der Waals surface area contributed by atoms with Crippen molar-refractivity contribution in [2.45, 2.75) is 36.0 Å². The molecule has 0 nitrogen and oxygen atoms in total. The van der Waals surface area contributed by atoms with E-state index in [1.165, 1.54) is 0 Å². The highest BCUT2D eigenvalue weighted by Crippen LogP contribution is 2.59. The molecule has 0 bridgehead atoms. The Kier molecular flexibility index (Phi) is 2.46. The van der Waals surface area contributed by atoms with Crippen LogP contribution in [0, 0.1) is 0 Å². The molecule has 1 saturated carbocycles. The fourth-order valence-corrected chi connectivity index (χ4v) is 1.13. The largest absolute Gasteiger partial charge is 0.350 e. The van der Waals surface area contributed by atoms with Crippen LogP contribution >= 0.6 is 0 Å². The second kappa shape index (κ2) is 2.95. The average molecular weight is 264 g/mol. The first-order chi connectivity index (χ1) is 6.81. The van der Waals surface area contributed by atoms with Gasteiger partial charge >= 0.3 is 23.7 Å². The van der Waals surface area contributed by atoms with Crippen LogP contribution in [0.4, 0.5) is 43.9 Å². The highest BCUT2D eigenvalue weighted by molar-refractivity contribution is 5.16. The average Bonchev–Trinajstić information content (AvgIpc) is 2.13. The van der Waals surface area contributed by atoms with Crippen LogP contribution in [0.15, 0.2) is 0 Å². The molecule has 0 spiro atoms. The van der Waals surface area contributed by atoms with Crippen LogP contribution in [-0.2, 0) is 0 Å². The fraction of sp³-hybridized carbons (Fsp3) is 1.00. The molecule has 0 aromatic carbocycles. The van der Waals surface area contributed by atoms with Crippen molar-refractivity contribution in [3.05, 3.63) is 0 Å². The van der Waals surface area contributed by atoms with Gasteiger partial charge < -0.3 is 0 Å². The first-order valence-electron chi connectivity index (χ1n) is 3.60. The van der Waals surface area contributed by atoms with E-state index < -0.39 is 36.0 Å². The van der Waals surface area contributed by atoms with Gasteiger partial charge in [-0.15, -0.1) is 0 Å². The van der Waals surface area contributed by atoms with E-state index in [0.29, 0.717) is 0 Å². The molecule has 0 aromatic rings. The van der Waals surface area contributed by atoms with Crippen LogP contribution in [-0.4, -0.2) is 36.0 Å². The maximum atomic E-state index is 12.3. The van der Waals surface area contributed by atoms with E-state index in [9.17, 15) is 43.9 Å². The molecule has 0 saturated heterocycles. The Morgan fingerprint density at radius 2 is 0.562 bits per heavy atom. The maximum absolute atomic E-state index is 12.3. The van der Waals surface area contributed by atoms with Crippen molar-refractivity contribution in [2.24, 2.45) is 0 Å². The van der Waals surface area contributed by atoms with Crippen molar-refractivity contribution >= 4 is 0 Å². The highest BCUT2D eigenvalue weighted by Gasteiger charge is 2.88. The third-order valence-corrected chi connectivity index (χ3v) is 2.16. The van der Waals surface area contributed by atoms with Gasteiger partial charge in [-0.2, -0.15) is 35.1 Å². The molecule has 0 unspecified atom stereocenters. The summed E-state index contributed by atoms with van der Waals surface area (Å²) in [5, 5.41) is 0. The predicted molar refractivity (Wildman–Crippen MR) is 29.6 cm³/mol. The van der Waals surface area contributed by atoms with Crippen molar-refractivity contribution in [1.29, 1.82) is 0 Å². The minimum Gasteiger partial charge on any atom is -0.234 e. The molecule has 96 valence electrons. The molecule has 1 fully saturated rings. The number of alkyl halides is 10. The van der Waals surface area contributed by atoms with Crippen LogP contribution in [0.3, 0.4) is 0 Å². The minimum absolute atomic E-state index is 5.17. The van der Waals surface area contributed by atoms with Gasteiger partial charge in [0.15, 0.2) is 0 Å². The molecule has 0 heterocycles. The van der Waals surface area contributed by atoms with Crippen molar-refractivity contribution in [3.8, 4) is 0 Å². The summed E-state index contributed by atoms with van der Waals surface area (Å²) in [6.45, 7) is 0. The van der Waals surface area contributed by atoms with E-state index in [-0.39, 0.29) is 0 Å². The van der Waals surface area contributed by atoms with Gasteiger partial charge in [-0.05, 0) is 0 Å². The Bertz CT molecular complexity index is 236. The first-order valence-corrected chi connectivity index (χ1v) is 3.60. The number of hydrogen-bond donors (Lipinski definition) is 0. The molecule has 10 heteroatoms. The lowest BCUT2D eigenvalue weighted by Crippen LogP contribution is -2.74. The Labute approximate surface area is 81.2 Å². The van der Waals surface area contributed by atoms with E-state index in [2.05, 4.69) is 0 Å². The monoisotopic (exact) mass is 264 g/mol. The number of rotatable bonds is 0. The van der Waals surface area contributed by atoms with Gasteiger partial charge in [-0.3, -0.25) is 0 Å². The molecule has 1 aliphatic carbocycles. The standard InChI is InChI=1S/C6H2F10/c7-1-3(9,10)5(13,14)2(8)6(15,16)4(1,11)12/h1-2H. The normalized spacial score (nSPS) is 39.4. The van der Waals surface area contributed by atoms with Crippen LogP contribution in [0.2, 0.25) is 0 Å². The van der Waals surface area contributed by atoms with Gasteiger partial charge in [0.25, 0.3) is 0 Å². The lowest BCUT2D eigenvalue weighted by atomic mass is 9.83. The van der Waals surface area contributed by atoms with Gasteiger partial charge in [0.1, 0.15) is 0 Å². The van der Waals surface area contributed by atoms with Gasteiger partial charge in [0.2, 0.25) is 12.3 Å². The second-order valence-electron chi connectivity index (χ2n) is 3.22. The summed E-state index contributed by atoms with van der Waals surface area (Å²) in [5.74, 6) is -24.8. The molecular formula is C6H2F10. The predicted octanol–water partition coefficient (Wildman–Crippen LogP) is 3.22. The summed E-state index contributed by atoms with van der Waals surface area (Å²) in [6.07, 6.45) is -10.3. The molecule has 0 atom stereocenters. The van der Waals surface area contributed by atoms with Crippen molar-refractivity contribution in [3.63, 3.8) is 0 Å². The maximum Gasteiger partial charge on any atom is 0.350 e. The van der Waals surface area contributed by atoms with Gasteiger partial charge in [0.05, 0.1) is 0 Å². The molecule has 16 heavy (non-hydrogen) atoms. The summed E-state index contributed by atoms with van der Waals surface area (Å²) in [7, 11) is 0. The zero-order valence-electron chi connectivity index (χ0n) is 6.93. The van der Waals surface area contributed by atoms with Crippen molar-refractivity contribution < 1.29 is 43.9 Å². The summed E-state index contributed by atoms with van der Waals surface area (Å²) >= 11 is 0. The van der Waals surface area contributed by atoms with E-state index in [1.54, 1.807) is 0 Å². The lowest BCUT2D eigenvalue weighted by molar-refractivity contribution is -0.401. The summed E-state index contributed by atoms with van der Waals surface area (Å²) in [5.41, 5.74) is 0. The smallest absolute Gasteiger partial charge is 0.234 e. The molecule has 0 radical (unpaired) electrons. The third kappa shape index (κ3) is 1.18. The van der Waals surface area contributed by atoms with Crippen LogP contribution in [0.25, 0.3) is 0 Å². The van der Waals surface area contributed by atoms with E-state index in [4.69, 9.17) is 0 Å². The minimum atomic E-state index is -6.21. The second-order valence-corrected chi connectivity index (χ2v) is 3.22. The lowest BCUT2D eigenvalue weighted by Gasteiger charge is -2.44. The number of hydrogen-bond acceptors (Lipinski definition) is 0. The van der Waals surface area contributed by atoms with Crippen molar-refractivity contribution in [1.82, 2.24) is 0 Å². The first kappa shape index (κ1) is 13.4. The Morgan fingerprint density at radius 1 is 0.438 bits per heavy atom. The molecule has 0 N–H and O–H groups in total. The van der Waals surface area contributed by atoms with Crippen LogP contribution in [0.5, 0.6) is 0 Å². The molecule has 0 aromatic heterocycles. The van der Waals surface area contributed by atoms with Gasteiger partial charge in [-0.25, -0.2) is 8.78 Å². The Balaban J connectivity index is 3.39. The van der Waals surface area contributed by atoms with Crippen molar-refractivity contribution in [2.75, 3.05) is 0 Å². The quantitative estimate of drug-likeness (QED) is 0.589. The summed E-state index contributed by atoms with van der Waals surface area (Å²) < 4.78 is 123. The fourth-order valence-electron chi connectivity index (χ4n) is 1.13. The molecule has 0 aliphatic heterocycles. The molecule has 0 amide bonds. The summed E-state index contributed by atoms with van der Waals surface area (Å²) in [4.78, 5) is 0. The van der Waals surface area contributed by atoms with E-state index in [1.807, 2.05) is 0 Å². The highest BCUT2D eigenvalue weighted by atomic mass is 19.3. The third-order valence-electron chi connectivity index (χ3n) is 2.16. The topological polar surface area (TPSA) is 0 Å². The molecule has 1 aliphatic rings.